The van der Waals surface area contributed by atoms with Gasteiger partial charge in [-0.2, -0.15) is 0 Å². The molecule has 0 fully saturated rings. The van der Waals surface area contributed by atoms with Crippen molar-refractivity contribution < 1.29 is 42.9 Å². The maximum Gasteiger partial charge on any atom is 0.437 e. The summed E-state index contributed by atoms with van der Waals surface area (Å²) in [6.07, 6.45) is 1.45. The zero-order valence-electron chi connectivity index (χ0n) is 36.8. The normalized spacial score (nSPS) is 15.4. The number of rotatable bonds is 4. The third-order valence-electron chi connectivity index (χ3n) is 9.08. The summed E-state index contributed by atoms with van der Waals surface area (Å²) in [6.45, 7) is 21.2. The summed E-state index contributed by atoms with van der Waals surface area (Å²) >= 11 is 0. The highest BCUT2D eigenvalue weighted by atomic mass is 16.6. The van der Waals surface area contributed by atoms with Gasteiger partial charge in [0.1, 0.15) is 16.8 Å². The average Bonchev–Trinajstić information content (AvgIpc) is 3.61. The maximum absolute atomic E-state index is 12.7. The van der Waals surface area contributed by atoms with Crippen LogP contribution in [-0.2, 0) is 14.2 Å². The molecule has 0 radical (unpaired) electrons. The lowest BCUT2D eigenvalue weighted by Gasteiger charge is -2.30. The van der Waals surface area contributed by atoms with Crippen molar-refractivity contribution in [2.45, 2.75) is 106 Å². The van der Waals surface area contributed by atoms with Gasteiger partial charge in [-0.25, -0.2) is 19.2 Å². The molecule has 3 heterocycles. The molecule has 0 bridgehead atoms. The second-order valence-electron chi connectivity index (χ2n) is 17.7. The number of carbonyl (C=O) groups is 4. The summed E-state index contributed by atoms with van der Waals surface area (Å²) in [5.41, 5.74) is 5.39. The Balaban J connectivity index is 1.27. The molecule has 0 spiro atoms. The number of guanidine groups is 2. The van der Waals surface area contributed by atoms with Crippen LogP contribution in [-0.4, -0.2) is 104 Å². The highest BCUT2D eigenvalue weighted by molar-refractivity contribution is 6.00. The lowest BCUT2D eigenvalue weighted by molar-refractivity contribution is 0.0550. The van der Waals surface area contributed by atoms with Crippen molar-refractivity contribution in [1.29, 1.82) is 0 Å². The van der Waals surface area contributed by atoms with Gasteiger partial charge in [0.2, 0.25) is 23.7 Å². The van der Waals surface area contributed by atoms with Crippen LogP contribution in [0, 0.1) is 13.8 Å². The van der Waals surface area contributed by atoms with Crippen molar-refractivity contribution in [3.8, 4) is 22.9 Å². The molecule has 4 amide bonds. The largest absolute Gasteiger partial charge is 0.465 e. The predicted molar refractivity (Wildman–Crippen MR) is 231 cm³/mol. The van der Waals surface area contributed by atoms with Crippen molar-refractivity contribution in [3.05, 3.63) is 70.8 Å². The Morgan fingerprint density at radius 1 is 0.656 bits per heavy atom. The molecule has 326 valence electrons. The van der Waals surface area contributed by atoms with Gasteiger partial charge in [-0.05, 0) is 135 Å². The fraction of sp³-hybridized carbons (Fsp3) is 0.455. The first-order valence-corrected chi connectivity index (χ1v) is 20.0. The van der Waals surface area contributed by atoms with Gasteiger partial charge < -0.3 is 33.5 Å². The topological polar surface area (TPSA) is 210 Å². The highest BCUT2D eigenvalue weighted by Crippen LogP contribution is 2.34. The molecule has 1 aromatic heterocycles. The van der Waals surface area contributed by atoms with Crippen molar-refractivity contribution in [2.75, 3.05) is 26.2 Å². The van der Waals surface area contributed by atoms with Crippen LogP contribution < -0.4 is 10.6 Å². The molecule has 0 saturated heterocycles. The number of nitrogens with zero attached hydrogens (tertiary/aromatic N) is 6. The Kier molecular flexibility index (Phi) is 13.7. The number of aromatic nitrogens is 2. The number of carboxylic acid groups (broad SMARTS) is 1. The fourth-order valence-corrected chi connectivity index (χ4v) is 6.59. The number of hydrogen-bond donors (Lipinski definition) is 3. The number of hydrogen-bond acceptors (Lipinski definition) is 10. The van der Waals surface area contributed by atoms with Crippen molar-refractivity contribution in [2.24, 2.45) is 9.98 Å². The van der Waals surface area contributed by atoms with Crippen LogP contribution in [0.5, 0.6) is 0 Å². The summed E-state index contributed by atoms with van der Waals surface area (Å²) in [7, 11) is 0. The Labute approximate surface area is 355 Å². The minimum atomic E-state index is -1.33. The van der Waals surface area contributed by atoms with Crippen LogP contribution >= 0.6 is 0 Å². The SMILES string of the molecule is Cc1cc(C2=CCN(/C(=N\C(=O)OC(C)(C)C)NC(=O)OC(C)(C)C)CC2)cc(C)c1-c1nnc(-c2ccc(C3=CCN(/C(=N/C(=O)OC(C)(C)C)NC(=O)O)CC3)cc2)o1. The van der Waals surface area contributed by atoms with Crippen LogP contribution in [0.25, 0.3) is 34.1 Å². The Morgan fingerprint density at radius 2 is 1.10 bits per heavy atom. The zero-order chi connectivity index (χ0) is 44.9. The van der Waals surface area contributed by atoms with Gasteiger partial charge >= 0.3 is 24.4 Å². The van der Waals surface area contributed by atoms with Crippen molar-refractivity contribution in [3.63, 3.8) is 0 Å². The number of alkyl carbamates (subject to hydrolysis) is 1. The van der Waals surface area contributed by atoms with Gasteiger partial charge in [0, 0.05) is 37.3 Å². The number of carbonyl (C=O) groups excluding carboxylic acids is 3. The quantitative estimate of drug-likeness (QED) is 0.128. The van der Waals surface area contributed by atoms with E-state index in [-0.39, 0.29) is 11.9 Å². The molecule has 61 heavy (non-hydrogen) atoms. The summed E-state index contributed by atoms with van der Waals surface area (Å²) < 4.78 is 22.3. The van der Waals surface area contributed by atoms with Crippen LogP contribution in [0.4, 0.5) is 19.2 Å². The van der Waals surface area contributed by atoms with E-state index in [0.29, 0.717) is 50.8 Å². The smallest absolute Gasteiger partial charge is 0.437 e. The molecule has 2 aromatic carbocycles. The second-order valence-corrected chi connectivity index (χ2v) is 17.7. The van der Waals surface area contributed by atoms with E-state index in [4.69, 9.17) is 18.6 Å². The number of aliphatic imine (C=N–C) groups is 2. The van der Waals surface area contributed by atoms with Crippen LogP contribution in [0.1, 0.15) is 97.4 Å². The van der Waals surface area contributed by atoms with Gasteiger partial charge in [-0.1, -0.05) is 36.4 Å². The van der Waals surface area contributed by atoms with Crippen molar-refractivity contribution >= 4 is 47.4 Å². The first-order chi connectivity index (χ1) is 28.4. The zero-order valence-corrected chi connectivity index (χ0v) is 36.8. The van der Waals surface area contributed by atoms with E-state index in [1.54, 1.807) is 72.1 Å². The molecule has 2 aliphatic heterocycles. The molecule has 2 aliphatic rings. The maximum atomic E-state index is 12.7. The molecule has 17 nitrogen and oxygen atoms in total. The van der Waals surface area contributed by atoms with Crippen LogP contribution in [0.15, 0.2) is 63.0 Å². The molecule has 17 heteroatoms. The van der Waals surface area contributed by atoms with Crippen LogP contribution in [0.2, 0.25) is 0 Å². The number of benzene rings is 2. The molecule has 0 saturated carbocycles. The van der Waals surface area contributed by atoms with Gasteiger partial charge in [0.05, 0.1) is 0 Å². The second kappa shape index (κ2) is 18.4. The molecule has 0 atom stereocenters. The molecular formula is C44H56N8O9. The van der Waals surface area contributed by atoms with E-state index in [0.717, 1.165) is 44.5 Å². The monoisotopic (exact) mass is 840 g/mol. The average molecular weight is 841 g/mol. The number of amides is 4. The minimum absolute atomic E-state index is 0.0517. The molecule has 5 rings (SSSR count). The molecule has 3 aromatic rings. The standard InChI is InChI=1S/C44H56N8O9/c1-26-24-32(30-18-22-52(23-19-30)37(47-40(56)60-43(6,7)8)48-41(57)61-44(9,10)11)25-27(2)33(26)35-50-49-34(58-35)31-14-12-28(13-15-31)29-16-20-51(21-17-29)36(45-38(53)54)46-39(55)59-42(3,4)5/h12-16,18,24-25H,17,19-23H2,1-11H3,(H,53,54)(H,45,46,55)(H,47,48,56,57). The highest BCUT2D eigenvalue weighted by Gasteiger charge is 2.27. The minimum Gasteiger partial charge on any atom is -0.465 e. The fourth-order valence-electron chi connectivity index (χ4n) is 6.59. The van der Waals surface area contributed by atoms with E-state index in [1.807, 2.05) is 50.3 Å². The Hall–Kier alpha value is -6.52. The van der Waals surface area contributed by atoms with E-state index in [1.165, 1.54) is 0 Å². The van der Waals surface area contributed by atoms with E-state index in [9.17, 15) is 24.3 Å². The van der Waals surface area contributed by atoms with E-state index >= 15 is 0 Å². The molecular weight excluding hydrogens is 785 g/mol. The first kappa shape index (κ1) is 45.6. The summed E-state index contributed by atoms with van der Waals surface area (Å²) in [5, 5.41) is 22.9. The van der Waals surface area contributed by atoms with Crippen LogP contribution in [0.3, 0.4) is 0 Å². The molecule has 0 unspecified atom stereocenters. The molecule has 0 aliphatic carbocycles. The number of nitrogens with one attached hydrogen (secondary N) is 2. The Bertz CT molecular complexity index is 2250. The van der Waals surface area contributed by atoms with Crippen molar-refractivity contribution in [1.82, 2.24) is 30.6 Å². The number of aryl methyl sites for hydroxylation is 2. The Morgan fingerprint density at radius 3 is 1.54 bits per heavy atom. The predicted octanol–water partition coefficient (Wildman–Crippen LogP) is 8.57. The summed E-state index contributed by atoms with van der Waals surface area (Å²) in [6, 6.07) is 11.9. The first-order valence-electron chi connectivity index (χ1n) is 20.0. The van der Waals surface area contributed by atoms with E-state index in [2.05, 4.69) is 42.9 Å². The third kappa shape index (κ3) is 13.2. The molecule has 3 N–H and O–H groups in total. The van der Waals surface area contributed by atoms with Gasteiger partial charge in [-0.3, -0.25) is 10.6 Å². The third-order valence-corrected chi connectivity index (χ3v) is 9.08. The number of ether oxygens (including phenoxy) is 3. The summed E-state index contributed by atoms with van der Waals surface area (Å²) in [5.74, 6) is 0.728. The lowest BCUT2D eigenvalue weighted by atomic mass is 9.92. The summed E-state index contributed by atoms with van der Waals surface area (Å²) in [4.78, 5) is 60.5. The lowest BCUT2D eigenvalue weighted by Crippen LogP contribution is -2.48. The van der Waals surface area contributed by atoms with Gasteiger partial charge in [0.25, 0.3) is 0 Å². The van der Waals surface area contributed by atoms with Gasteiger partial charge in [-0.15, -0.1) is 20.2 Å². The van der Waals surface area contributed by atoms with E-state index < -0.39 is 41.2 Å². The van der Waals surface area contributed by atoms with Gasteiger partial charge in [0.15, 0.2) is 0 Å².